The summed E-state index contributed by atoms with van der Waals surface area (Å²) in [6.45, 7) is 9.03. The summed E-state index contributed by atoms with van der Waals surface area (Å²) >= 11 is 0. The molecule has 3 aliphatic rings. The Morgan fingerprint density at radius 2 is 1.74 bits per heavy atom. The number of aldehydes is 1. The first-order chi connectivity index (χ1) is 29.5. The summed E-state index contributed by atoms with van der Waals surface area (Å²) in [5.41, 5.74) is 10.2. The van der Waals surface area contributed by atoms with Gasteiger partial charge < -0.3 is 40.1 Å². The van der Waals surface area contributed by atoms with Crippen LogP contribution in [0.1, 0.15) is 80.6 Å². The van der Waals surface area contributed by atoms with Crippen molar-refractivity contribution in [2.24, 2.45) is 16.8 Å². The van der Waals surface area contributed by atoms with Crippen LogP contribution in [-0.4, -0.2) is 111 Å². The number of pyridine rings is 1. The topological polar surface area (TPSA) is 159 Å². The fourth-order valence-corrected chi connectivity index (χ4v) is 8.58. The molecule has 2 aromatic carbocycles. The maximum atomic E-state index is 13.7. The number of carbonyl (C=O) groups excluding carboxylic acids is 3. The molecule has 4 N–H and O–H groups in total. The van der Waals surface area contributed by atoms with E-state index in [1.54, 1.807) is 44.6 Å². The number of aromatic nitrogens is 1. The lowest BCUT2D eigenvalue weighted by Gasteiger charge is -2.42. The smallest absolute Gasteiger partial charge is 0.261 e. The highest BCUT2D eigenvalue weighted by molar-refractivity contribution is 6.12. The van der Waals surface area contributed by atoms with Crippen molar-refractivity contribution in [3.05, 3.63) is 77.7 Å². The third kappa shape index (κ3) is 12.3. The average molecular weight is 843 g/mol. The summed E-state index contributed by atoms with van der Waals surface area (Å²) in [5.74, 6) is -0.301. The van der Waals surface area contributed by atoms with E-state index in [1.165, 1.54) is 24.8 Å². The van der Waals surface area contributed by atoms with Crippen molar-refractivity contribution >= 4 is 52.5 Å². The summed E-state index contributed by atoms with van der Waals surface area (Å²) in [6.07, 6.45) is 14.4. The molecule has 0 radical (unpaired) electrons. The van der Waals surface area contributed by atoms with Crippen molar-refractivity contribution < 1.29 is 32.3 Å². The van der Waals surface area contributed by atoms with Gasteiger partial charge in [-0.3, -0.25) is 24.5 Å². The van der Waals surface area contributed by atoms with Crippen molar-refractivity contribution in [1.82, 2.24) is 20.1 Å². The molecule has 2 amide bonds. The monoisotopic (exact) mass is 842 g/mol. The minimum atomic E-state index is -0.513. The number of amides is 2. The second-order valence-corrected chi connectivity index (χ2v) is 16.4. The molecule has 1 atom stereocenters. The van der Waals surface area contributed by atoms with Crippen molar-refractivity contribution in [1.29, 1.82) is 0 Å². The molecule has 2 saturated heterocycles. The van der Waals surface area contributed by atoms with E-state index in [0.29, 0.717) is 64.3 Å². The number of piperidine rings is 1. The molecule has 1 saturated carbocycles. The van der Waals surface area contributed by atoms with E-state index in [4.69, 9.17) is 19.9 Å². The maximum absolute atomic E-state index is 13.7. The molecule has 0 unspecified atom stereocenters. The van der Waals surface area contributed by atoms with E-state index in [0.717, 1.165) is 102 Å². The zero-order valence-corrected chi connectivity index (χ0v) is 35.6. The van der Waals surface area contributed by atoms with Crippen LogP contribution >= 0.6 is 0 Å². The molecule has 13 nitrogen and oxygen atoms in total. The number of fused-ring (bicyclic) bond motifs is 1. The number of anilines is 3. The zero-order chi connectivity index (χ0) is 43.3. The van der Waals surface area contributed by atoms with Crippen LogP contribution < -0.4 is 26.0 Å². The lowest BCUT2D eigenvalue weighted by molar-refractivity contribution is -0.124. The van der Waals surface area contributed by atoms with Crippen LogP contribution in [0.4, 0.5) is 25.8 Å². The Hall–Kier alpha value is -5.41. The Balaban J connectivity index is 0.000000554. The number of hydrogen-bond donors (Lipinski definition) is 3. The maximum Gasteiger partial charge on any atom is 0.261 e. The lowest BCUT2D eigenvalue weighted by Crippen LogP contribution is -2.51. The van der Waals surface area contributed by atoms with E-state index in [2.05, 4.69) is 30.3 Å². The van der Waals surface area contributed by atoms with Gasteiger partial charge in [-0.25, -0.2) is 8.78 Å². The van der Waals surface area contributed by atoms with Crippen LogP contribution in [-0.2, 0) is 9.59 Å². The number of benzene rings is 2. The first-order valence-electron chi connectivity index (χ1n) is 21.5. The molecule has 1 aliphatic carbocycles. The van der Waals surface area contributed by atoms with Gasteiger partial charge in [0.2, 0.25) is 5.91 Å². The fourth-order valence-electron chi connectivity index (χ4n) is 8.58. The number of nitrogen functional groups attached to an aromatic ring is 1. The Morgan fingerprint density at radius 1 is 1.02 bits per heavy atom. The number of nitrogens with one attached hydrogen (secondary N) is 2. The normalized spacial score (nSPS) is 19.6. The van der Waals surface area contributed by atoms with Gasteiger partial charge in [-0.05, 0) is 94.2 Å². The molecule has 4 heterocycles. The van der Waals surface area contributed by atoms with Crippen LogP contribution in [0, 0.1) is 23.5 Å². The van der Waals surface area contributed by atoms with Gasteiger partial charge in [0.25, 0.3) is 5.91 Å². The fraction of sp³-hybridized carbons (Fsp3) is 0.500. The summed E-state index contributed by atoms with van der Waals surface area (Å²) in [6, 6.07) is 11.7. The predicted octanol–water partition coefficient (Wildman–Crippen LogP) is 6.95. The average Bonchev–Trinajstić information content (AvgIpc) is 3.72. The number of ether oxygens (including phenoxy) is 1. The number of rotatable bonds is 14. The van der Waals surface area contributed by atoms with Gasteiger partial charge in [0.1, 0.15) is 41.0 Å². The minimum absolute atomic E-state index is 0.00171. The molecule has 3 fully saturated rings. The Bertz CT molecular complexity index is 2090. The molecule has 2 aromatic heterocycles. The van der Waals surface area contributed by atoms with Crippen molar-refractivity contribution in [2.45, 2.75) is 76.8 Å². The largest absolute Gasteiger partial charge is 0.494 e. The molecule has 7 rings (SSSR count). The summed E-state index contributed by atoms with van der Waals surface area (Å²) in [4.78, 5) is 50.4. The molecule has 15 heteroatoms. The van der Waals surface area contributed by atoms with Crippen molar-refractivity contribution in [3.63, 3.8) is 0 Å². The zero-order valence-electron chi connectivity index (χ0n) is 35.6. The molecule has 4 aromatic rings. The summed E-state index contributed by atoms with van der Waals surface area (Å²) < 4.78 is 38.4. The molecule has 61 heavy (non-hydrogen) atoms. The molecule has 0 spiro atoms. The van der Waals surface area contributed by atoms with Gasteiger partial charge in [0, 0.05) is 106 Å². The molecule has 2 aliphatic heterocycles. The van der Waals surface area contributed by atoms with Gasteiger partial charge in [0.15, 0.2) is 5.58 Å². The third-order valence-electron chi connectivity index (χ3n) is 12.3. The van der Waals surface area contributed by atoms with E-state index in [1.807, 2.05) is 13.1 Å². The van der Waals surface area contributed by atoms with Crippen LogP contribution in [0.25, 0.3) is 11.1 Å². The molecular weight excluding hydrogens is 783 g/mol. The van der Waals surface area contributed by atoms with Crippen LogP contribution in [0.2, 0.25) is 0 Å². The third-order valence-corrected chi connectivity index (χ3v) is 12.3. The van der Waals surface area contributed by atoms with E-state index in [-0.39, 0.29) is 23.8 Å². The number of furan rings is 1. The number of piperazine rings is 1. The minimum Gasteiger partial charge on any atom is -0.494 e. The highest BCUT2D eigenvalue weighted by atomic mass is 19.1. The number of hydrogen-bond acceptors (Lipinski definition) is 11. The van der Waals surface area contributed by atoms with Gasteiger partial charge in [0.05, 0.1) is 18.8 Å². The van der Waals surface area contributed by atoms with Crippen LogP contribution in [0.5, 0.6) is 5.75 Å². The lowest BCUT2D eigenvalue weighted by atomic mass is 9.90. The van der Waals surface area contributed by atoms with Crippen LogP contribution in [0.3, 0.4) is 0 Å². The van der Waals surface area contributed by atoms with Crippen molar-refractivity contribution in [3.8, 4) is 5.75 Å². The molecule has 328 valence electrons. The molecule has 0 bridgehead atoms. The number of carbonyl (C=O) groups is 3. The number of aliphatic imine (C=N–C) groups is 1. The van der Waals surface area contributed by atoms with Gasteiger partial charge >= 0.3 is 0 Å². The Labute approximate surface area is 357 Å². The van der Waals surface area contributed by atoms with E-state index in [9.17, 15) is 23.2 Å². The predicted molar refractivity (Wildman–Crippen MR) is 235 cm³/mol. The first kappa shape index (κ1) is 45.1. The number of nitrogens with zero attached hydrogens (tertiary/aromatic N) is 5. The number of halogens is 2. The highest BCUT2D eigenvalue weighted by Gasteiger charge is 2.29. The Kier molecular flexibility index (Phi) is 16.2. The quantitative estimate of drug-likeness (QED) is 0.0690. The number of nitrogens with two attached hydrogens (primary N) is 1. The van der Waals surface area contributed by atoms with Gasteiger partial charge in [-0.1, -0.05) is 6.92 Å². The Morgan fingerprint density at radius 3 is 2.41 bits per heavy atom. The second kappa shape index (κ2) is 21.9. The summed E-state index contributed by atoms with van der Waals surface area (Å²) in [5, 5.41) is 5.45. The van der Waals surface area contributed by atoms with Gasteiger partial charge in [-0.15, -0.1) is 0 Å². The van der Waals surface area contributed by atoms with Gasteiger partial charge in [-0.2, -0.15) is 0 Å². The summed E-state index contributed by atoms with van der Waals surface area (Å²) in [7, 11) is 3.14. The standard InChI is InChI=1S/C39H47F2N7O3.C7H13NO2/c1-50-37-23-34(42)27(19-35(37)45-39(49)33-25-51-36-3-2-11-43-38(33)36)24-44-30-4-6-31(7-5-30)48-17-15-46(16-18-48)12-8-26-9-13-47(14-10-26)32-21-28(40)20-29(41)22-32;1-6(4-3-5-9)7(10)8-2/h2-3,11,19-26,30-31H,4-10,12-18,42H2,1H3,(H,45,49);5-6H,3-4H2,1-2H3,(H,8,10)/t;6-/m.0/s1. The second-order valence-electron chi connectivity index (χ2n) is 16.4. The van der Waals surface area contributed by atoms with E-state index < -0.39 is 11.6 Å². The molecular formula is C46H60F2N8O5. The van der Waals surface area contributed by atoms with E-state index >= 15 is 0 Å². The van der Waals surface area contributed by atoms with Crippen LogP contribution in [0.15, 0.2) is 64.3 Å². The highest BCUT2D eigenvalue weighted by Crippen LogP contribution is 2.32. The SMILES string of the molecule is CNC(=O)[C@@H](C)CCC=O.COc1cc(N)c(C=NC2CCC(N3CCN(CCC4CCN(c5cc(F)cc(F)c5)CC4)CC3)CC2)cc1NC(=O)c1coc2cccnc12. The number of methoxy groups -OCH3 is 1. The van der Waals surface area contributed by atoms with Crippen molar-refractivity contribution in [2.75, 3.05) is 75.9 Å². The first-order valence-corrected chi connectivity index (χ1v) is 21.5.